The van der Waals surface area contributed by atoms with E-state index in [0.29, 0.717) is 51.4 Å². The predicted octanol–water partition coefficient (Wildman–Crippen LogP) is 11.2. The molecule has 0 saturated heterocycles. The first-order valence-electron chi connectivity index (χ1n) is 15.3. The summed E-state index contributed by atoms with van der Waals surface area (Å²) in [6, 6.07) is 0. The van der Waals surface area contributed by atoms with Gasteiger partial charge >= 0.3 is 15.6 Å². The second-order valence-electron chi connectivity index (χ2n) is 10.2. The van der Waals surface area contributed by atoms with Crippen LogP contribution in [0.2, 0.25) is 0 Å². The maximum Gasteiger partial charge on any atom is 0.484 e. The first-order chi connectivity index (χ1) is 17.7. The van der Waals surface area contributed by atoms with Crippen LogP contribution in [0, 0.1) is 0 Å². The summed E-state index contributed by atoms with van der Waals surface area (Å²) >= 11 is 0. The van der Waals surface area contributed by atoms with Crippen molar-refractivity contribution in [3.05, 3.63) is 0 Å². The Morgan fingerprint density at radius 1 is 0.378 bits per heavy atom. The fourth-order valence-electron chi connectivity index (χ4n) is 4.55. The number of hydrogen-bond acceptors (Lipinski definition) is 7. The van der Waals surface area contributed by atoms with Crippen LogP contribution in [-0.2, 0) is 31.5 Å². The summed E-state index contributed by atoms with van der Waals surface area (Å²) in [5.74, 6) is 0. The number of phosphoric acid groups is 2. The minimum atomic E-state index is -4.27. The summed E-state index contributed by atoms with van der Waals surface area (Å²) in [5.41, 5.74) is 0. The van der Waals surface area contributed by atoms with Crippen molar-refractivity contribution in [1.29, 1.82) is 0 Å². The Kier molecular flexibility index (Phi) is 22.2. The van der Waals surface area contributed by atoms with Crippen molar-refractivity contribution in [2.75, 3.05) is 0 Å². The van der Waals surface area contributed by atoms with E-state index in [1.165, 1.54) is 0 Å². The highest BCUT2D eigenvalue weighted by Crippen LogP contribution is 2.68. The van der Waals surface area contributed by atoms with Crippen molar-refractivity contribution in [2.24, 2.45) is 0 Å². The van der Waals surface area contributed by atoms with E-state index in [9.17, 15) is 9.13 Å². The average molecular weight is 571 g/mol. The molecule has 0 unspecified atom stereocenters. The first-order valence-corrected chi connectivity index (χ1v) is 18.2. The molecule has 0 spiro atoms. The summed E-state index contributed by atoms with van der Waals surface area (Å²) in [7, 11) is -8.55. The third-order valence-corrected chi connectivity index (χ3v) is 10.0. The maximum atomic E-state index is 14.3. The lowest BCUT2D eigenvalue weighted by Crippen LogP contribution is -2.21. The molecule has 0 heterocycles. The van der Waals surface area contributed by atoms with Gasteiger partial charge in [0.2, 0.25) is 0 Å². The Morgan fingerprint density at radius 3 is 0.676 bits per heavy atom. The highest BCUT2D eigenvalue weighted by atomic mass is 31.3. The van der Waals surface area contributed by atoms with Crippen LogP contribution in [0.1, 0.15) is 158 Å². The molecule has 0 radical (unpaired) electrons. The highest BCUT2D eigenvalue weighted by molar-refractivity contribution is 7.62. The smallest absolute Gasteiger partial charge is 0.283 e. The van der Waals surface area contributed by atoms with Gasteiger partial charge in [-0.25, -0.2) is 9.13 Å². The quantitative estimate of drug-likeness (QED) is 0.0957. The molecule has 0 bridgehead atoms. The van der Waals surface area contributed by atoms with E-state index in [0.717, 1.165) is 51.4 Å². The van der Waals surface area contributed by atoms with Crippen molar-refractivity contribution < 1.29 is 31.5 Å². The monoisotopic (exact) mass is 570 g/mol. The van der Waals surface area contributed by atoms with Crippen LogP contribution < -0.4 is 0 Å². The minimum absolute atomic E-state index is 0.317. The molecule has 0 aromatic carbocycles. The zero-order valence-electron chi connectivity index (χ0n) is 25.4. The first kappa shape index (κ1) is 37.3. The lowest BCUT2D eigenvalue weighted by Gasteiger charge is -2.32. The van der Waals surface area contributed by atoms with Gasteiger partial charge in [-0.3, -0.25) is 18.1 Å². The number of phosphoric ester groups is 2. The van der Waals surface area contributed by atoms with Gasteiger partial charge in [0.15, 0.2) is 0 Å². The molecule has 0 aliphatic heterocycles. The van der Waals surface area contributed by atoms with E-state index in [1.807, 2.05) is 0 Å². The van der Waals surface area contributed by atoms with E-state index in [1.54, 1.807) is 0 Å². The molecule has 0 aliphatic carbocycles. The van der Waals surface area contributed by atoms with Gasteiger partial charge in [0.1, 0.15) is 0 Å². The van der Waals surface area contributed by atoms with E-state index < -0.39 is 15.6 Å². The molecule has 0 atom stereocenters. The summed E-state index contributed by atoms with van der Waals surface area (Å²) in [6.45, 7) is 16.5. The highest BCUT2D eigenvalue weighted by Gasteiger charge is 2.45. The summed E-state index contributed by atoms with van der Waals surface area (Å²) in [4.78, 5) is 0. The van der Waals surface area contributed by atoms with Gasteiger partial charge in [-0.15, -0.1) is 0 Å². The third-order valence-electron chi connectivity index (χ3n) is 6.20. The molecule has 37 heavy (non-hydrogen) atoms. The second-order valence-corrected chi connectivity index (χ2v) is 13.5. The van der Waals surface area contributed by atoms with Gasteiger partial charge in [0.05, 0.1) is 24.4 Å². The van der Waals surface area contributed by atoms with E-state index in [-0.39, 0.29) is 24.4 Å². The van der Waals surface area contributed by atoms with E-state index in [2.05, 4.69) is 55.4 Å². The Bertz CT molecular complexity index is 512. The van der Waals surface area contributed by atoms with Crippen molar-refractivity contribution >= 4 is 15.6 Å². The largest absolute Gasteiger partial charge is 0.484 e. The summed E-state index contributed by atoms with van der Waals surface area (Å²) < 4.78 is 59.1. The summed E-state index contributed by atoms with van der Waals surface area (Å²) in [5, 5.41) is 0. The molecule has 0 aromatic heterocycles. The molecular weight excluding hydrogens is 510 g/mol. The van der Waals surface area contributed by atoms with Crippen molar-refractivity contribution in [2.45, 2.75) is 183 Å². The van der Waals surface area contributed by atoms with Gasteiger partial charge in [-0.2, -0.15) is 4.31 Å². The molecule has 7 nitrogen and oxygen atoms in total. The van der Waals surface area contributed by atoms with Crippen LogP contribution in [0.25, 0.3) is 0 Å². The van der Waals surface area contributed by atoms with E-state index >= 15 is 0 Å². The number of hydrogen-bond donors (Lipinski definition) is 0. The molecule has 0 N–H and O–H groups in total. The SMILES string of the molecule is CCCC(CCC)OP(=O)(OC(CCC)CCC)OP(=O)(OC(CCC)CCC)OC(CCC)CCC. The standard InChI is InChI=1S/C28H60O7P2/c1-9-17-25(18-10-2)31-36(29,32-26(19-11-3)20-12-4)35-37(30,33-27(21-13-5)22-14-6)34-28(23-15-7)24-16-8/h25-28H,9-24H2,1-8H3. The Morgan fingerprint density at radius 2 is 0.541 bits per heavy atom. The molecule has 0 rings (SSSR count). The third kappa shape index (κ3) is 16.8. The maximum absolute atomic E-state index is 14.3. The van der Waals surface area contributed by atoms with Crippen LogP contribution in [0.15, 0.2) is 0 Å². The second kappa shape index (κ2) is 22.0. The lowest BCUT2D eigenvalue weighted by atomic mass is 10.1. The van der Waals surface area contributed by atoms with E-state index in [4.69, 9.17) is 22.4 Å². The molecule has 0 amide bonds. The lowest BCUT2D eigenvalue weighted by molar-refractivity contribution is 0.0295. The average Bonchev–Trinajstić information content (AvgIpc) is 2.80. The van der Waals surface area contributed by atoms with Gasteiger partial charge in [0, 0.05) is 0 Å². The normalized spacial score (nSPS) is 13.1. The van der Waals surface area contributed by atoms with Crippen molar-refractivity contribution in [3.63, 3.8) is 0 Å². The van der Waals surface area contributed by atoms with Gasteiger partial charge < -0.3 is 0 Å². The fourth-order valence-corrected chi connectivity index (χ4v) is 8.55. The Balaban J connectivity index is 6.38. The van der Waals surface area contributed by atoms with Crippen LogP contribution in [0.5, 0.6) is 0 Å². The topological polar surface area (TPSA) is 80.3 Å². The Hall–Kier alpha value is 0.260. The molecule has 0 saturated carbocycles. The molecule has 0 aliphatic rings. The molecule has 0 aromatic rings. The molecule has 0 fully saturated rings. The fraction of sp³-hybridized carbons (Fsp3) is 1.00. The number of rotatable bonds is 26. The van der Waals surface area contributed by atoms with Crippen LogP contribution in [-0.4, -0.2) is 24.4 Å². The summed E-state index contributed by atoms with van der Waals surface area (Å²) in [6.07, 6.45) is 11.4. The molecule has 224 valence electrons. The zero-order chi connectivity index (χ0) is 28.2. The Labute approximate surface area is 229 Å². The van der Waals surface area contributed by atoms with Gasteiger partial charge in [-0.05, 0) is 51.4 Å². The van der Waals surface area contributed by atoms with Crippen LogP contribution >= 0.6 is 15.6 Å². The molecule has 9 heteroatoms. The molecular formula is C28H60O7P2. The van der Waals surface area contributed by atoms with Crippen LogP contribution in [0.4, 0.5) is 0 Å². The van der Waals surface area contributed by atoms with Gasteiger partial charge in [-0.1, -0.05) is 107 Å². The zero-order valence-corrected chi connectivity index (χ0v) is 27.2. The van der Waals surface area contributed by atoms with Crippen molar-refractivity contribution in [1.82, 2.24) is 0 Å². The predicted molar refractivity (Wildman–Crippen MR) is 155 cm³/mol. The van der Waals surface area contributed by atoms with Crippen molar-refractivity contribution in [3.8, 4) is 0 Å². The van der Waals surface area contributed by atoms with Crippen LogP contribution in [0.3, 0.4) is 0 Å². The van der Waals surface area contributed by atoms with Gasteiger partial charge in [0.25, 0.3) is 0 Å². The minimum Gasteiger partial charge on any atom is -0.283 e.